The standard InChI is InChI=1S/C14H19N3O3/c18-17(19)12-3-4-13(15-9-12)16-7-8-20-11-14(10-16)5-1-2-6-14/h3-4,9H,1-2,5-8,10-11H2. The molecular weight excluding hydrogens is 258 g/mol. The fourth-order valence-corrected chi connectivity index (χ4v) is 3.29. The minimum Gasteiger partial charge on any atom is -0.379 e. The quantitative estimate of drug-likeness (QED) is 0.613. The molecule has 0 radical (unpaired) electrons. The SMILES string of the molecule is O=[N+]([O-])c1ccc(N2CCOCC3(CCCC3)C2)nc1. The topological polar surface area (TPSA) is 68.5 Å². The van der Waals surface area contributed by atoms with E-state index in [1.807, 2.05) is 0 Å². The maximum Gasteiger partial charge on any atom is 0.287 e. The van der Waals surface area contributed by atoms with Gasteiger partial charge >= 0.3 is 0 Å². The lowest BCUT2D eigenvalue weighted by Crippen LogP contribution is -2.37. The summed E-state index contributed by atoms with van der Waals surface area (Å²) in [7, 11) is 0. The van der Waals surface area contributed by atoms with E-state index in [1.54, 1.807) is 6.07 Å². The lowest BCUT2D eigenvalue weighted by atomic mass is 9.87. The van der Waals surface area contributed by atoms with Gasteiger partial charge in [-0.05, 0) is 18.9 Å². The monoisotopic (exact) mass is 277 g/mol. The molecule has 3 rings (SSSR count). The third kappa shape index (κ3) is 2.60. The third-order valence-electron chi connectivity index (χ3n) is 4.37. The normalized spacial score (nSPS) is 21.9. The molecule has 0 bridgehead atoms. The summed E-state index contributed by atoms with van der Waals surface area (Å²) in [5.41, 5.74) is 0.287. The van der Waals surface area contributed by atoms with Crippen molar-refractivity contribution in [1.82, 2.24) is 4.98 Å². The van der Waals surface area contributed by atoms with Crippen LogP contribution in [0.3, 0.4) is 0 Å². The Hall–Kier alpha value is -1.69. The molecule has 108 valence electrons. The van der Waals surface area contributed by atoms with E-state index in [4.69, 9.17) is 4.74 Å². The molecule has 2 fully saturated rings. The van der Waals surface area contributed by atoms with Crippen LogP contribution in [0, 0.1) is 15.5 Å². The molecule has 1 aliphatic heterocycles. The largest absolute Gasteiger partial charge is 0.379 e. The van der Waals surface area contributed by atoms with Crippen LogP contribution >= 0.6 is 0 Å². The molecule has 20 heavy (non-hydrogen) atoms. The minimum absolute atomic E-state index is 0.0374. The second-order valence-corrected chi connectivity index (χ2v) is 5.81. The lowest BCUT2D eigenvalue weighted by molar-refractivity contribution is -0.385. The van der Waals surface area contributed by atoms with Gasteiger partial charge in [0.15, 0.2) is 0 Å². The van der Waals surface area contributed by atoms with E-state index < -0.39 is 4.92 Å². The van der Waals surface area contributed by atoms with Crippen LogP contribution in [0.2, 0.25) is 0 Å². The molecule has 6 heteroatoms. The van der Waals surface area contributed by atoms with Gasteiger partial charge in [-0.2, -0.15) is 0 Å². The van der Waals surface area contributed by atoms with Crippen molar-refractivity contribution < 1.29 is 9.66 Å². The van der Waals surface area contributed by atoms with E-state index in [2.05, 4.69) is 9.88 Å². The zero-order valence-corrected chi connectivity index (χ0v) is 11.5. The van der Waals surface area contributed by atoms with Crippen molar-refractivity contribution in [2.24, 2.45) is 5.41 Å². The molecule has 2 heterocycles. The van der Waals surface area contributed by atoms with Crippen molar-refractivity contribution >= 4 is 11.5 Å². The van der Waals surface area contributed by atoms with Gasteiger partial charge in [0.1, 0.15) is 12.0 Å². The van der Waals surface area contributed by atoms with Crippen molar-refractivity contribution in [1.29, 1.82) is 0 Å². The maximum absolute atomic E-state index is 10.7. The number of hydrogen-bond donors (Lipinski definition) is 0. The Morgan fingerprint density at radius 2 is 2.15 bits per heavy atom. The van der Waals surface area contributed by atoms with E-state index in [0.717, 1.165) is 25.5 Å². The van der Waals surface area contributed by atoms with Gasteiger partial charge in [-0.3, -0.25) is 10.1 Å². The first-order valence-corrected chi connectivity index (χ1v) is 7.12. The smallest absolute Gasteiger partial charge is 0.287 e. The van der Waals surface area contributed by atoms with Gasteiger partial charge in [-0.15, -0.1) is 0 Å². The summed E-state index contributed by atoms with van der Waals surface area (Å²) in [6, 6.07) is 3.27. The summed E-state index contributed by atoms with van der Waals surface area (Å²) in [4.78, 5) is 16.7. The second kappa shape index (κ2) is 5.36. The number of ether oxygens (including phenoxy) is 1. The number of hydrogen-bond acceptors (Lipinski definition) is 5. The Morgan fingerprint density at radius 1 is 1.35 bits per heavy atom. The second-order valence-electron chi connectivity index (χ2n) is 5.81. The highest BCUT2D eigenvalue weighted by atomic mass is 16.6. The molecule has 0 aromatic carbocycles. The highest BCUT2D eigenvalue weighted by Gasteiger charge is 2.37. The third-order valence-corrected chi connectivity index (χ3v) is 4.37. The van der Waals surface area contributed by atoms with E-state index in [1.165, 1.54) is 37.9 Å². The number of anilines is 1. The molecule has 1 saturated carbocycles. The average molecular weight is 277 g/mol. The van der Waals surface area contributed by atoms with Crippen LogP contribution in [0.5, 0.6) is 0 Å². The molecular formula is C14H19N3O3. The molecule has 0 unspecified atom stereocenters. The van der Waals surface area contributed by atoms with E-state index in [0.29, 0.717) is 6.61 Å². The van der Waals surface area contributed by atoms with Crippen molar-refractivity contribution in [3.05, 3.63) is 28.4 Å². The molecule has 1 spiro atoms. The predicted molar refractivity (Wildman–Crippen MR) is 74.8 cm³/mol. The summed E-state index contributed by atoms with van der Waals surface area (Å²) in [5.74, 6) is 0.812. The number of pyridine rings is 1. The molecule has 6 nitrogen and oxygen atoms in total. The van der Waals surface area contributed by atoms with E-state index >= 15 is 0 Å². The number of nitro groups is 1. The van der Waals surface area contributed by atoms with Gasteiger partial charge in [0, 0.05) is 24.6 Å². The molecule has 0 N–H and O–H groups in total. The number of nitrogens with zero attached hydrogens (tertiary/aromatic N) is 3. The Morgan fingerprint density at radius 3 is 2.80 bits per heavy atom. The van der Waals surface area contributed by atoms with Crippen molar-refractivity contribution in [3.63, 3.8) is 0 Å². The first-order chi connectivity index (χ1) is 9.69. The first kappa shape index (κ1) is 13.3. The fraction of sp³-hybridized carbons (Fsp3) is 0.643. The van der Waals surface area contributed by atoms with Crippen LogP contribution in [0.15, 0.2) is 18.3 Å². The Bertz CT molecular complexity index is 483. The number of rotatable bonds is 2. The van der Waals surface area contributed by atoms with Gasteiger partial charge in [0.05, 0.1) is 18.1 Å². The Labute approximate surface area is 117 Å². The Balaban J connectivity index is 1.79. The summed E-state index contributed by atoms with van der Waals surface area (Å²) in [5, 5.41) is 10.7. The first-order valence-electron chi connectivity index (χ1n) is 7.12. The fourth-order valence-electron chi connectivity index (χ4n) is 3.29. The van der Waals surface area contributed by atoms with Crippen LogP contribution in [0.25, 0.3) is 0 Å². The van der Waals surface area contributed by atoms with Crippen LogP contribution in [-0.4, -0.2) is 36.2 Å². The van der Waals surface area contributed by atoms with Crippen molar-refractivity contribution in [2.75, 3.05) is 31.2 Å². The van der Waals surface area contributed by atoms with Gasteiger partial charge < -0.3 is 9.64 Å². The summed E-state index contributed by atoms with van der Waals surface area (Å²) in [6.45, 7) is 3.27. The molecule has 1 aromatic rings. The number of aromatic nitrogens is 1. The molecule has 0 amide bonds. The van der Waals surface area contributed by atoms with Gasteiger partial charge in [0.2, 0.25) is 0 Å². The van der Waals surface area contributed by atoms with Crippen LogP contribution in [-0.2, 0) is 4.74 Å². The zero-order chi connectivity index (χ0) is 14.0. The van der Waals surface area contributed by atoms with Crippen molar-refractivity contribution in [3.8, 4) is 0 Å². The highest BCUT2D eigenvalue weighted by molar-refractivity contribution is 5.43. The van der Waals surface area contributed by atoms with Crippen LogP contribution in [0.1, 0.15) is 25.7 Å². The molecule has 2 aliphatic rings. The highest BCUT2D eigenvalue weighted by Crippen LogP contribution is 2.40. The maximum atomic E-state index is 10.7. The van der Waals surface area contributed by atoms with Crippen LogP contribution < -0.4 is 4.90 Å². The van der Waals surface area contributed by atoms with Gasteiger partial charge in [-0.25, -0.2) is 4.98 Å². The summed E-state index contributed by atoms with van der Waals surface area (Å²) < 4.78 is 5.77. The van der Waals surface area contributed by atoms with Crippen LogP contribution in [0.4, 0.5) is 11.5 Å². The molecule has 0 atom stereocenters. The van der Waals surface area contributed by atoms with Crippen molar-refractivity contribution in [2.45, 2.75) is 25.7 Å². The Kier molecular flexibility index (Phi) is 3.56. The lowest BCUT2D eigenvalue weighted by Gasteiger charge is -2.32. The molecule has 1 aromatic heterocycles. The van der Waals surface area contributed by atoms with E-state index in [-0.39, 0.29) is 11.1 Å². The zero-order valence-electron chi connectivity index (χ0n) is 11.5. The average Bonchev–Trinajstić information content (AvgIpc) is 2.80. The summed E-state index contributed by atoms with van der Waals surface area (Å²) in [6.07, 6.45) is 6.28. The minimum atomic E-state index is -0.416. The summed E-state index contributed by atoms with van der Waals surface area (Å²) >= 11 is 0. The van der Waals surface area contributed by atoms with Gasteiger partial charge in [0.25, 0.3) is 5.69 Å². The predicted octanol–water partition coefficient (Wildman–Crippen LogP) is 2.39. The molecule has 1 aliphatic carbocycles. The van der Waals surface area contributed by atoms with E-state index in [9.17, 15) is 10.1 Å². The van der Waals surface area contributed by atoms with Gasteiger partial charge in [-0.1, -0.05) is 12.8 Å². The molecule has 1 saturated heterocycles.